The fourth-order valence-electron chi connectivity index (χ4n) is 3.04. The second kappa shape index (κ2) is 8.40. The molecule has 0 spiro atoms. The van der Waals surface area contributed by atoms with Crippen LogP contribution in [0, 0.1) is 5.92 Å². The Kier molecular flexibility index (Phi) is 6.20. The van der Waals surface area contributed by atoms with Gasteiger partial charge in [0.2, 0.25) is 0 Å². The van der Waals surface area contributed by atoms with Crippen molar-refractivity contribution in [1.29, 1.82) is 0 Å². The lowest BCUT2D eigenvalue weighted by molar-refractivity contribution is 0.739. The van der Waals surface area contributed by atoms with E-state index in [4.69, 9.17) is 4.99 Å². The predicted molar refractivity (Wildman–Crippen MR) is 116 cm³/mol. The van der Waals surface area contributed by atoms with E-state index >= 15 is 0 Å². The summed E-state index contributed by atoms with van der Waals surface area (Å²) < 4.78 is 1.81. The normalized spacial score (nSPS) is 15.9. The van der Waals surface area contributed by atoms with Gasteiger partial charge in [0.05, 0.1) is 11.6 Å². The maximum absolute atomic E-state index is 12.7. The first-order valence-corrected chi connectivity index (χ1v) is 11.2. The van der Waals surface area contributed by atoms with Crippen molar-refractivity contribution >= 4 is 40.0 Å². The van der Waals surface area contributed by atoms with Crippen molar-refractivity contribution in [1.82, 2.24) is 4.57 Å². The summed E-state index contributed by atoms with van der Waals surface area (Å²) in [7, 11) is 0. The van der Waals surface area contributed by atoms with Crippen LogP contribution in [-0.4, -0.2) is 15.9 Å². The van der Waals surface area contributed by atoms with Crippen molar-refractivity contribution in [3.05, 3.63) is 56.5 Å². The van der Waals surface area contributed by atoms with Gasteiger partial charge in [-0.2, -0.15) is 0 Å². The molecule has 0 N–H and O–H groups in total. The molecule has 0 bridgehead atoms. The Morgan fingerprint density at radius 1 is 1.46 bits per heavy atom. The molecule has 1 atom stereocenters. The van der Waals surface area contributed by atoms with Crippen molar-refractivity contribution in [3.8, 4) is 0 Å². The first-order valence-electron chi connectivity index (χ1n) is 9.14. The Hall–Kier alpha value is -1.59. The number of nitrogens with zero attached hydrogens (tertiary/aromatic N) is 2. The van der Waals surface area contributed by atoms with Gasteiger partial charge in [0.1, 0.15) is 5.82 Å². The second-order valence-electron chi connectivity index (χ2n) is 6.78. The summed E-state index contributed by atoms with van der Waals surface area (Å²) in [5, 5.41) is 3.20. The predicted octanol–water partition coefficient (Wildman–Crippen LogP) is 5.92. The first kappa shape index (κ1) is 19.2. The zero-order valence-electron chi connectivity index (χ0n) is 15.7. The number of rotatable bonds is 7. The van der Waals surface area contributed by atoms with Crippen molar-refractivity contribution in [2.45, 2.75) is 45.6 Å². The van der Waals surface area contributed by atoms with Crippen LogP contribution < -0.4 is 5.56 Å². The van der Waals surface area contributed by atoms with Crippen LogP contribution in [0.15, 0.2) is 39.9 Å². The number of aromatic nitrogens is 1. The lowest BCUT2D eigenvalue weighted by atomic mass is 10.1. The molecule has 2 aromatic heterocycles. The van der Waals surface area contributed by atoms with Crippen LogP contribution in [-0.2, 0) is 6.54 Å². The third kappa shape index (κ3) is 4.04. The highest BCUT2D eigenvalue weighted by Crippen LogP contribution is 2.43. The molecule has 2 aromatic rings. The van der Waals surface area contributed by atoms with Crippen molar-refractivity contribution in [3.63, 3.8) is 0 Å². The molecule has 3 rings (SSSR count). The quantitative estimate of drug-likeness (QED) is 0.437. The molecule has 26 heavy (non-hydrogen) atoms. The Balaban J connectivity index is 2.09. The number of aliphatic imine (C=N–C) groups is 1. The van der Waals surface area contributed by atoms with E-state index in [1.54, 1.807) is 35.2 Å². The van der Waals surface area contributed by atoms with Gasteiger partial charge in [0, 0.05) is 22.4 Å². The highest BCUT2D eigenvalue weighted by molar-refractivity contribution is 8.13. The molecule has 1 fully saturated rings. The molecule has 0 aromatic carbocycles. The molecule has 0 aliphatic heterocycles. The summed E-state index contributed by atoms with van der Waals surface area (Å²) in [5.41, 5.74) is 2.31. The number of thioether (sulfide) groups is 1. The minimum atomic E-state index is -0.00546. The average molecular weight is 387 g/mol. The maximum atomic E-state index is 12.7. The molecule has 3 nitrogen and oxygen atoms in total. The van der Waals surface area contributed by atoms with E-state index in [1.807, 2.05) is 10.6 Å². The second-order valence-corrected chi connectivity index (χ2v) is 8.60. The van der Waals surface area contributed by atoms with E-state index < -0.39 is 0 Å². The molecule has 1 aliphatic carbocycles. The summed E-state index contributed by atoms with van der Waals surface area (Å²) >= 11 is 3.40. The van der Waals surface area contributed by atoms with Crippen LogP contribution in [0.4, 0.5) is 5.82 Å². The average Bonchev–Trinajstić information content (AvgIpc) is 3.40. The monoisotopic (exact) mass is 386 g/mol. The molecule has 1 unspecified atom stereocenters. The Morgan fingerprint density at radius 2 is 2.23 bits per heavy atom. The molecular formula is C21H26N2OS2. The zero-order chi connectivity index (χ0) is 18.7. The summed E-state index contributed by atoms with van der Waals surface area (Å²) in [6.07, 6.45) is 7.40. The van der Waals surface area contributed by atoms with Gasteiger partial charge >= 0.3 is 0 Å². The molecular weight excluding hydrogens is 360 g/mol. The standard InChI is InChI=1S/C21H26N2OS2/c1-5-14(3)21(25-4)22-20-15(6-2)9-10-19(24)23(20)13-18-17(11-12-26-18)16-7-8-16/h6,9-12,14,16H,2,5,7-8,13H2,1,3-4H3. The SMILES string of the molecule is C=Cc1ccc(=O)n(Cc2sccc2C2CC2)c1N=C(SC)C(C)CC. The molecule has 5 heteroatoms. The molecule has 1 aliphatic rings. The van der Waals surface area contributed by atoms with Crippen LogP contribution in [0.1, 0.15) is 55.0 Å². The van der Waals surface area contributed by atoms with Crippen LogP contribution in [0.2, 0.25) is 0 Å². The summed E-state index contributed by atoms with van der Waals surface area (Å²) in [6, 6.07) is 5.67. The van der Waals surface area contributed by atoms with Gasteiger partial charge in [0.15, 0.2) is 0 Å². The number of thiophene rings is 1. The molecule has 0 amide bonds. The summed E-state index contributed by atoms with van der Waals surface area (Å²) in [4.78, 5) is 18.9. The van der Waals surface area contributed by atoms with Gasteiger partial charge in [-0.3, -0.25) is 9.36 Å². The molecule has 138 valence electrons. The maximum Gasteiger partial charge on any atom is 0.252 e. The van der Waals surface area contributed by atoms with Crippen molar-refractivity contribution in [2.24, 2.45) is 10.9 Å². The van der Waals surface area contributed by atoms with E-state index in [1.165, 1.54) is 23.3 Å². The highest BCUT2D eigenvalue weighted by Gasteiger charge is 2.27. The van der Waals surface area contributed by atoms with Crippen LogP contribution >= 0.6 is 23.1 Å². The fraction of sp³-hybridized carbons (Fsp3) is 0.429. The Labute approximate surface area is 163 Å². The Bertz CT molecular complexity index is 874. The largest absolute Gasteiger partial charge is 0.287 e. The smallest absolute Gasteiger partial charge is 0.252 e. The molecule has 0 saturated heterocycles. The third-order valence-electron chi connectivity index (χ3n) is 4.96. The van der Waals surface area contributed by atoms with Crippen LogP contribution in [0.5, 0.6) is 0 Å². The summed E-state index contributed by atoms with van der Waals surface area (Å²) in [6.45, 7) is 8.86. The topological polar surface area (TPSA) is 34.4 Å². The van der Waals surface area contributed by atoms with Crippen molar-refractivity contribution in [2.75, 3.05) is 6.26 Å². The number of hydrogen-bond acceptors (Lipinski definition) is 4. The third-order valence-corrected chi connectivity index (χ3v) is 6.80. The fourth-order valence-corrected chi connectivity index (χ4v) is 4.74. The van der Waals surface area contributed by atoms with Gasteiger partial charge in [-0.05, 0) is 54.5 Å². The van der Waals surface area contributed by atoms with Gasteiger partial charge < -0.3 is 0 Å². The molecule has 2 heterocycles. The van der Waals surface area contributed by atoms with E-state index in [0.717, 1.165) is 22.8 Å². The number of hydrogen-bond donors (Lipinski definition) is 0. The molecule has 1 saturated carbocycles. The highest BCUT2D eigenvalue weighted by atomic mass is 32.2. The Morgan fingerprint density at radius 3 is 2.85 bits per heavy atom. The van der Waals surface area contributed by atoms with Crippen molar-refractivity contribution < 1.29 is 0 Å². The van der Waals surface area contributed by atoms with Gasteiger partial charge in [-0.15, -0.1) is 23.1 Å². The van der Waals surface area contributed by atoms with Crippen LogP contribution in [0.3, 0.4) is 0 Å². The lowest BCUT2D eigenvalue weighted by Crippen LogP contribution is -2.21. The lowest BCUT2D eigenvalue weighted by Gasteiger charge is -2.16. The first-order chi connectivity index (χ1) is 12.6. The van der Waals surface area contributed by atoms with E-state index in [0.29, 0.717) is 18.4 Å². The summed E-state index contributed by atoms with van der Waals surface area (Å²) in [5.74, 6) is 1.78. The van der Waals surface area contributed by atoms with E-state index in [9.17, 15) is 4.79 Å². The number of pyridine rings is 1. The van der Waals surface area contributed by atoms with Gasteiger partial charge in [-0.25, -0.2) is 4.99 Å². The minimum Gasteiger partial charge on any atom is -0.287 e. The molecule has 0 radical (unpaired) electrons. The van der Waals surface area contributed by atoms with E-state index in [-0.39, 0.29) is 5.56 Å². The minimum absolute atomic E-state index is 0.00546. The van der Waals surface area contributed by atoms with Gasteiger partial charge in [0.25, 0.3) is 5.56 Å². The van der Waals surface area contributed by atoms with Crippen LogP contribution in [0.25, 0.3) is 6.08 Å². The van der Waals surface area contributed by atoms with E-state index in [2.05, 4.69) is 38.1 Å². The van der Waals surface area contributed by atoms with Gasteiger partial charge in [-0.1, -0.05) is 26.5 Å². The zero-order valence-corrected chi connectivity index (χ0v) is 17.3.